The molecule has 3 N–H and O–H groups in total. The number of para-hydroxylation sites is 1. The highest BCUT2D eigenvalue weighted by molar-refractivity contribution is 7.52. The lowest BCUT2D eigenvalue weighted by Crippen LogP contribution is -2.43. The number of carbonyl (C=O) groups is 1. The van der Waals surface area contributed by atoms with E-state index in [0.29, 0.717) is 12.8 Å². The van der Waals surface area contributed by atoms with Gasteiger partial charge in [-0.15, -0.1) is 6.58 Å². The molecule has 3 rings (SSSR count). The molecule has 1 saturated heterocycles. The predicted molar refractivity (Wildman–Crippen MR) is 134 cm³/mol. The number of hydrogen-bond donors (Lipinski definition) is 3. The highest BCUT2D eigenvalue weighted by Crippen LogP contribution is 2.47. The fraction of sp³-hybridized carbons (Fsp3) is 0.458. The average molecular weight is 555 g/mol. The molecule has 1 aromatic heterocycles. The number of carbonyl (C=O) groups excluding carboxylic acids is 1. The van der Waals surface area contributed by atoms with Gasteiger partial charge in [0.1, 0.15) is 24.0 Å². The second kappa shape index (κ2) is 12.6. The van der Waals surface area contributed by atoms with Crippen LogP contribution in [0.1, 0.15) is 32.9 Å². The molecule has 2 heterocycles. The van der Waals surface area contributed by atoms with Crippen molar-refractivity contribution in [1.29, 1.82) is 0 Å². The molecule has 0 saturated carbocycles. The van der Waals surface area contributed by atoms with Gasteiger partial charge in [0.15, 0.2) is 11.9 Å². The summed E-state index contributed by atoms with van der Waals surface area (Å²) in [7, 11) is -4.32. The third-order valence-electron chi connectivity index (χ3n) is 5.70. The van der Waals surface area contributed by atoms with E-state index in [-0.39, 0.29) is 12.4 Å². The van der Waals surface area contributed by atoms with Gasteiger partial charge in [-0.25, -0.2) is 13.8 Å². The van der Waals surface area contributed by atoms with Crippen molar-refractivity contribution in [2.45, 2.75) is 56.8 Å². The van der Waals surface area contributed by atoms with E-state index in [0.717, 1.165) is 23.8 Å². The van der Waals surface area contributed by atoms with Crippen molar-refractivity contribution in [2.24, 2.45) is 0 Å². The number of ether oxygens (including phenoxy) is 2. The first-order chi connectivity index (χ1) is 18.0. The van der Waals surface area contributed by atoms with E-state index in [4.69, 9.17) is 18.5 Å². The van der Waals surface area contributed by atoms with E-state index < -0.39 is 61.7 Å². The Hall–Kier alpha value is -3.09. The number of H-pyrrole nitrogens is 1. The number of benzene rings is 1. The van der Waals surface area contributed by atoms with Gasteiger partial charge in [-0.05, 0) is 38.8 Å². The molecular formula is C24H31FN3O9P. The number of aliphatic hydroxyl groups is 1. The van der Waals surface area contributed by atoms with Gasteiger partial charge in [0, 0.05) is 12.3 Å². The molecule has 12 nitrogen and oxygen atoms in total. The Balaban J connectivity index is 1.75. The van der Waals surface area contributed by atoms with Crippen molar-refractivity contribution in [3.8, 4) is 5.75 Å². The highest BCUT2D eigenvalue weighted by Gasteiger charge is 2.55. The van der Waals surface area contributed by atoms with Crippen LogP contribution in [0.15, 0.2) is 64.8 Å². The molecule has 2 unspecified atom stereocenters. The number of unbranched alkanes of at least 4 members (excludes halogenated alkanes) is 1. The van der Waals surface area contributed by atoms with Gasteiger partial charge in [0.2, 0.25) is 0 Å². The molecule has 208 valence electrons. The summed E-state index contributed by atoms with van der Waals surface area (Å²) in [5.41, 5.74) is -4.12. The Morgan fingerprint density at radius 2 is 2.08 bits per heavy atom. The second-order valence-corrected chi connectivity index (χ2v) is 10.5. The number of aromatic nitrogens is 2. The summed E-state index contributed by atoms with van der Waals surface area (Å²) in [4.78, 5) is 37.9. The van der Waals surface area contributed by atoms with Gasteiger partial charge >= 0.3 is 19.4 Å². The number of aliphatic hydroxyl groups excluding tert-OH is 1. The quantitative estimate of drug-likeness (QED) is 0.145. The Morgan fingerprint density at radius 3 is 2.74 bits per heavy atom. The van der Waals surface area contributed by atoms with Gasteiger partial charge in [0.05, 0.1) is 13.2 Å². The molecule has 1 aliphatic rings. The molecule has 38 heavy (non-hydrogen) atoms. The third kappa shape index (κ3) is 7.27. The van der Waals surface area contributed by atoms with Crippen LogP contribution in [-0.4, -0.2) is 57.8 Å². The smallest absolute Gasteiger partial charge is 0.459 e. The minimum absolute atomic E-state index is 0.129. The molecule has 1 aliphatic heterocycles. The summed E-state index contributed by atoms with van der Waals surface area (Å²) in [6.07, 6.45) is -0.902. The van der Waals surface area contributed by atoms with Crippen molar-refractivity contribution in [2.75, 3.05) is 13.2 Å². The van der Waals surface area contributed by atoms with Crippen molar-refractivity contribution < 1.29 is 37.4 Å². The predicted octanol–water partition coefficient (Wildman–Crippen LogP) is 2.21. The first kappa shape index (κ1) is 29.5. The number of allylic oxidation sites excluding steroid dienone is 1. The Morgan fingerprint density at radius 1 is 1.37 bits per heavy atom. The summed E-state index contributed by atoms with van der Waals surface area (Å²) < 4.78 is 51.6. The second-order valence-electron chi connectivity index (χ2n) is 8.79. The van der Waals surface area contributed by atoms with Crippen LogP contribution in [0, 0.1) is 0 Å². The van der Waals surface area contributed by atoms with E-state index in [1.807, 2.05) is 4.98 Å². The van der Waals surface area contributed by atoms with Gasteiger partial charge in [-0.1, -0.05) is 24.3 Å². The van der Waals surface area contributed by atoms with Crippen LogP contribution in [0.4, 0.5) is 4.39 Å². The van der Waals surface area contributed by atoms with Crippen LogP contribution < -0.4 is 20.9 Å². The maximum atomic E-state index is 15.5. The topological polar surface area (TPSA) is 158 Å². The molecule has 0 bridgehead atoms. The number of hydrogen-bond acceptors (Lipinski definition) is 9. The Kier molecular flexibility index (Phi) is 9.80. The van der Waals surface area contributed by atoms with Crippen LogP contribution in [-0.2, 0) is 23.4 Å². The lowest BCUT2D eigenvalue weighted by atomic mass is 9.98. The third-order valence-corrected chi connectivity index (χ3v) is 7.34. The maximum absolute atomic E-state index is 15.5. The number of esters is 1. The van der Waals surface area contributed by atoms with Crippen LogP contribution in [0.2, 0.25) is 0 Å². The molecule has 0 amide bonds. The molecule has 1 fully saturated rings. The van der Waals surface area contributed by atoms with Gasteiger partial charge in [-0.3, -0.25) is 23.7 Å². The SMILES string of the molecule is C=CCCCOC(=O)[C@H](C)N[P@](=O)(OCC1OC(n2ccc(=O)[nH]c2=O)[C@](C)(F)[C@@H]1O)Oc1ccccc1. The van der Waals surface area contributed by atoms with Crippen LogP contribution >= 0.6 is 7.75 Å². The van der Waals surface area contributed by atoms with E-state index in [2.05, 4.69) is 11.7 Å². The zero-order valence-corrected chi connectivity index (χ0v) is 21.8. The van der Waals surface area contributed by atoms with Crippen molar-refractivity contribution >= 4 is 13.7 Å². The highest BCUT2D eigenvalue weighted by atomic mass is 31.2. The van der Waals surface area contributed by atoms with Crippen LogP contribution in [0.5, 0.6) is 5.75 Å². The summed E-state index contributed by atoms with van der Waals surface area (Å²) >= 11 is 0. The lowest BCUT2D eigenvalue weighted by Gasteiger charge is -2.25. The first-order valence-corrected chi connectivity index (χ1v) is 13.4. The van der Waals surface area contributed by atoms with Crippen molar-refractivity contribution in [3.63, 3.8) is 0 Å². The number of halogens is 1. The molecule has 0 radical (unpaired) electrons. The van der Waals surface area contributed by atoms with E-state index in [9.17, 15) is 24.1 Å². The van der Waals surface area contributed by atoms with E-state index in [1.54, 1.807) is 24.3 Å². The molecule has 0 aliphatic carbocycles. The summed E-state index contributed by atoms with van der Waals surface area (Å²) in [6.45, 7) is 5.49. The summed E-state index contributed by atoms with van der Waals surface area (Å²) in [5, 5.41) is 13.1. The van der Waals surface area contributed by atoms with Crippen LogP contribution in [0.25, 0.3) is 0 Å². The van der Waals surface area contributed by atoms with Gasteiger partial charge in [-0.2, -0.15) is 5.09 Å². The number of rotatable bonds is 13. The maximum Gasteiger partial charge on any atom is 0.459 e. The molecule has 2 aromatic rings. The molecule has 14 heteroatoms. The Bertz CT molecular complexity index is 1270. The van der Waals surface area contributed by atoms with Crippen molar-refractivity contribution in [3.05, 3.63) is 76.1 Å². The first-order valence-electron chi connectivity index (χ1n) is 11.9. The minimum atomic E-state index is -4.32. The average Bonchev–Trinajstić information content (AvgIpc) is 3.09. The fourth-order valence-electron chi connectivity index (χ4n) is 3.66. The number of nitrogens with one attached hydrogen (secondary N) is 2. The van der Waals surface area contributed by atoms with Gasteiger partial charge < -0.3 is 19.1 Å². The summed E-state index contributed by atoms with van der Waals surface area (Å²) in [5.74, 6) is -0.559. The number of aromatic amines is 1. The standard InChI is InChI=1S/C24H31FN3O9P/c1-4-5-9-14-34-21(31)16(2)27-38(33,37-17-10-7-6-8-11-17)35-15-18-20(30)24(3,25)22(36-18)28-13-12-19(29)26-23(28)32/h4,6-8,10-13,16,18,20,22,30H,1,5,9,14-15H2,2-3H3,(H,27,33)(H,26,29,32)/t16-,18?,20+,22?,24+,38-/m0/s1. The van der Waals surface area contributed by atoms with Crippen molar-refractivity contribution in [1.82, 2.24) is 14.6 Å². The summed E-state index contributed by atoms with van der Waals surface area (Å²) in [6, 6.07) is 7.85. The van der Waals surface area contributed by atoms with Gasteiger partial charge in [0.25, 0.3) is 5.56 Å². The van der Waals surface area contributed by atoms with Crippen LogP contribution in [0.3, 0.4) is 0 Å². The zero-order valence-electron chi connectivity index (χ0n) is 20.9. The molecule has 6 atom stereocenters. The number of alkyl halides is 1. The van der Waals surface area contributed by atoms with E-state index >= 15 is 4.39 Å². The minimum Gasteiger partial charge on any atom is -0.465 e. The lowest BCUT2D eigenvalue weighted by molar-refractivity contribution is -0.145. The zero-order chi connectivity index (χ0) is 27.9. The normalized spacial score (nSPS) is 25.3. The monoisotopic (exact) mass is 555 g/mol. The largest absolute Gasteiger partial charge is 0.465 e. The van der Waals surface area contributed by atoms with E-state index in [1.165, 1.54) is 19.1 Å². The fourth-order valence-corrected chi connectivity index (χ4v) is 5.16. The molecule has 0 spiro atoms. The number of nitrogens with zero attached hydrogens (tertiary/aromatic N) is 1. The molecular weight excluding hydrogens is 524 g/mol. The Labute approximate surface area is 218 Å². The molecule has 1 aromatic carbocycles.